The van der Waals surface area contributed by atoms with E-state index in [0.717, 1.165) is 17.7 Å². The first kappa shape index (κ1) is 20.3. The van der Waals surface area contributed by atoms with E-state index in [-0.39, 0.29) is 12.1 Å². The molecule has 0 bridgehead atoms. The highest BCUT2D eigenvalue weighted by Crippen LogP contribution is 2.35. The Balaban J connectivity index is 2.06. The number of rotatable bonds is 5. The van der Waals surface area contributed by atoms with E-state index in [0.29, 0.717) is 12.0 Å². The second kappa shape index (κ2) is 7.68. The van der Waals surface area contributed by atoms with Gasteiger partial charge in [0.1, 0.15) is 5.60 Å². The van der Waals surface area contributed by atoms with E-state index >= 15 is 0 Å². The number of nitrogens with two attached hydrogens (primary N) is 1. The van der Waals surface area contributed by atoms with Gasteiger partial charge in [-0.3, -0.25) is 4.79 Å². The number of nitrogen functional groups attached to an aromatic ring is 1. The number of hydrogen-bond acceptors (Lipinski definition) is 4. The Hall–Kier alpha value is -3.05. The van der Waals surface area contributed by atoms with Crippen molar-refractivity contribution in [3.63, 3.8) is 0 Å². The van der Waals surface area contributed by atoms with Crippen LogP contribution in [0.3, 0.4) is 0 Å². The zero-order chi connectivity index (χ0) is 20.2. The van der Waals surface area contributed by atoms with Crippen LogP contribution < -0.4 is 11.1 Å². The van der Waals surface area contributed by atoms with E-state index < -0.39 is 28.9 Å². The maximum absolute atomic E-state index is 12.9. The first-order valence-corrected chi connectivity index (χ1v) is 8.02. The SMILES string of the molecule is C[C@](O)(CCc1ccc(C#N)cc1)C(=O)Nc1ccc(N)c(C(F)(F)F)c1. The Kier molecular flexibility index (Phi) is 5.76. The first-order chi connectivity index (χ1) is 12.5. The molecule has 0 aliphatic rings. The zero-order valence-electron chi connectivity index (χ0n) is 14.5. The zero-order valence-corrected chi connectivity index (χ0v) is 14.5. The number of carbonyl (C=O) groups excluding carboxylic acids is 1. The van der Waals surface area contributed by atoms with Gasteiger partial charge in [-0.05, 0) is 55.7 Å². The Morgan fingerprint density at radius 2 is 1.85 bits per heavy atom. The molecular weight excluding hydrogens is 359 g/mol. The molecule has 4 N–H and O–H groups in total. The average Bonchev–Trinajstić information content (AvgIpc) is 2.61. The van der Waals surface area contributed by atoms with E-state index in [1.165, 1.54) is 13.0 Å². The van der Waals surface area contributed by atoms with Crippen molar-refractivity contribution in [2.75, 3.05) is 11.1 Å². The van der Waals surface area contributed by atoms with Crippen LogP contribution in [-0.2, 0) is 17.4 Å². The summed E-state index contributed by atoms with van der Waals surface area (Å²) in [6.07, 6.45) is -4.25. The van der Waals surface area contributed by atoms with Gasteiger partial charge in [-0.2, -0.15) is 18.4 Å². The quantitative estimate of drug-likeness (QED) is 0.695. The van der Waals surface area contributed by atoms with Gasteiger partial charge in [0.05, 0.1) is 17.2 Å². The van der Waals surface area contributed by atoms with Crippen molar-refractivity contribution in [2.24, 2.45) is 0 Å². The van der Waals surface area contributed by atoms with Crippen LogP contribution in [-0.4, -0.2) is 16.6 Å². The van der Waals surface area contributed by atoms with Gasteiger partial charge in [0, 0.05) is 11.4 Å². The molecule has 0 aliphatic heterocycles. The lowest BCUT2D eigenvalue weighted by atomic mass is 9.95. The van der Waals surface area contributed by atoms with Crippen LogP contribution in [0.4, 0.5) is 24.5 Å². The number of benzene rings is 2. The number of anilines is 2. The second-order valence-corrected chi connectivity index (χ2v) is 6.34. The molecule has 142 valence electrons. The van der Waals surface area contributed by atoms with E-state index in [1.54, 1.807) is 24.3 Å². The average molecular weight is 377 g/mol. The fourth-order valence-electron chi connectivity index (χ4n) is 2.39. The number of amides is 1. The van der Waals surface area contributed by atoms with Crippen LogP contribution in [0.25, 0.3) is 0 Å². The Morgan fingerprint density at radius 3 is 2.41 bits per heavy atom. The van der Waals surface area contributed by atoms with E-state index in [4.69, 9.17) is 11.0 Å². The second-order valence-electron chi connectivity index (χ2n) is 6.34. The van der Waals surface area contributed by atoms with Gasteiger partial charge in [-0.25, -0.2) is 0 Å². The van der Waals surface area contributed by atoms with Gasteiger partial charge < -0.3 is 16.2 Å². The highest BCUT2D eigenvalue weighted by atomic mass is 19.4. The summed E-state index contributed by atoms with van der Waals surface area (Å²) >= 11 is 0. The molecule has 2 aromatic carbocycles. The number of hydrogen-bond donors (Lipinski definition) is 3. The molecule has 8 heteroatoms. The molecule has 1 atom stereocenters. The molecule has 5 nitrogen and oxygen atoms in total. The third-order valence-electron chi connectivity index (χ3n) is 4.09. The topological polar surface area (TPSA) is 99.1 Å². The molecule has 27 heavy (non-hydrogen) atoms. The molecule has 0 fully saturated rings. The molecule has 2 rings (SSSR count). The molecule has 0 radical (unpaired) electrons. The van der Waals surface area contributed by atoms with Crippen LogP contribution in [0, 0.1) is 11.3 Å². The molecule has 1 amide bonds. The van der Waals surface area contributed by atoms with Gasteiger partial charge >= 0.3 is 6.18 Å². The van der Waals surface area contributed by atoms with Crippen molar-refractivity contribution in [2.45, 2.75) is 31.5 Å². The van der Waals surface area contributed by atoms with Crippen molar-refractivity contribution < 1.29 is 23.1 Å². The number of nitriles is 1. The summed E-state index contributed by atoms with van der Waals surface area (Å²) in [5.74, 6) is -0.825. The smallest absolute Gasteiger partial charge is 0.398 e. The first-order valence-electron chi connectivity index (χ1n) is 8.02. The van der Waals surface area contributed by atoms with Crippen molar-refractivity contribution in [3.8, 4) is 6.07 Å². The largest absolute Gasteiger partial charge is 0.418 e. The fraction of sp³-hybridized carbons (Fsp3) is 0.263. The van der Waals surface area contributed by atoms with E-state index in [1.807, 2.05) is 6.07 Å². The summed E-state index contributed by atoms with van der Waals surface area (Å²) in [6.45, 7) is 1.29. The van der Waals surface area contributed by atoms with Gasteiger partial charge in [-0.1, -0.05) is 12.1 Å². The number of alkyl halides is 3. The van der Waals surface area contributed by atoms with Crippen LogP contribution in [0.15, 0.2) is 42.5 Å². The van der Waals surface area contributed by atoms with Crippen LogP contribution in [0.2, 0.25) is 0 Å². The van der Waals surface area contributed by atoms with E-state index in [9.17, 15) is 23.1 Å². The normalized spacial score (nSPS) is 13.5. The molecular formula is C19H18F3N3O2. The number of halogens is 3. The van der Waals surface area contributed by atoms with Crippen molar-refractivity contribution in [1.29, 1.82) is 5.26 Å². The van der Waals surface area contributed by atoms with Crippen LogP contribution >= 0.6 is 0 Å². The van der Waals surface area contributed by atoms with Crippen molar-refractivity contribution in [1.82, 2.24) is 0 Å². The molecule has 0 saturated carbocycles. The predicted molar refractivity (Wildman–Crippen MR) is 94.6 cm³/mol. The summed E-state index contributed by atoms with van der Waals surface area (Å²) < 4.78 is 38.7. The predicted octanol–water partition coefficient (Wildman–Crippen LogP) is 3.48. The minimum absolute atomic E-state index is 0.0475. The van der Waals surface area contributed by atoms with Crippen LogP contribution in [0.5, 0.6) is 0 Å². The number of carbonyl (C=O) groups is 1. The summed E-state index contributed by atoms with van der Waals surface area (Å²) in [5.41, 5.74) is 3.21. The maximum Gasteiger partial charge on any atom is 0.418 e. The van der Waals surface area contributed by atoms with Gasteiger partial charge in [0.15, 0.2) is 0 Å². The number of nitrogens with one attached hydrogen (secondary N) is 1. The molecule has 0 saturated heterocycles. The van der Waals surface area contributed by atoms with E-state index in [2.05, 4.69) is 5.32 Å². The highest BCUT2D eigenvalue weighted by Gasteiger charge is 2.34. The molecule has 2 aromatic rings. The van der Waals surface area contributed by atoms with Crippen molar-refractivity contribution in [3.05, 3.63) is 59.2 Å². The van der Waals surface area contributed by atoms with Gasteiger partial charge in [0.25, 0.3) is 5.91 Å². The third-order valence-corrected chi connectivity index (χ3v) is 4.09. The summed E-state index contributed by atoms with van der Waals surface area (Å²) in [7, 11) is 0. The monoisotopic (exact) mass is 377 g/mol. The van der Waals surface area contributed by atoms with Gasteiger partial charge in [0.2, 0.25) is 0 Å². The Morgan fingerprint density at radius 1 is 1.22 bits per heavy atom. The molecule has 0 aromatic heterocycles. The Labute approximate surface area is 154 Å². The maximum atomic E-state index is 12.9. The number of aryl methyl sites for hydroxylation is 1. The molecule has 0 aliphatic carbocycles. The van der Waals surface area contributed by atoms with Gasteiger partial charge in [-0.15, -0.1) is 0 Å². The minimum atomic E-state index is -4.65. The highest BCUT2D eigenvalue weighted by molar-refractivity contribution is 5.97. The third kappa shape index (κ3) is 5.21. The minimum Gasteiger partial charge on any atom is -0.398 e. The number of nitrogens with zero attached hydrogens (tertiary/aromatic N) is 1. The molecule has 0 spiro atoms. The molecule has 0 heterocycles. The summed E-state index contributed by atoms with van der Waals surface area (Å²) in [5, 5.41) is 21.4. The lowest BCUT2D eigenvalue weighted by Crippen LogP contribution is -2.40. The summed E-state index contributed by atoms with van der Waals surface area (Å²) in [4.78, 5) is 12.3. The fourth-order valence-corrected chi connectivity index (χ4v) is 2.39. The number of aliphatic hydroxyl groups is 1. The lowest BCUT2D eigenvalue weighted by molar-refractivity contribution is -0.137. The van der Waals surface area contributed by atoms with Crippen LogP contribution in [0.1, 0.15) is 30.0 Å². The Bertz CT molecular complexity index is 869. The van der Waals surface area contributed by atoms with Crippen molar-refractivity contribution >= 4 is 17.3 Å². The molecule has 0 unspecified atom stereocenters. The lowest BCUT2D eigenvalue weighted by Gasteiger charge is -2.23. The standard InChI is InChI=1S/C19H18F3N3O2/c1-18(27,9-8-12-2-4-13(11-23)5-3-12)17(26)25-14-6-7-16(24)15(10-14)19(20,21)22/h2-7,10,27H,8-9,24H2,1H3,(H,25,26)/t18-/m0/s1. The summed E-state index contributed by atoms with van der Waals surface area (Å²) in [6, 6.07) is 11.7.